The maximum Gasteiger partial charge on any atom is 0.343 e. The van der Waals surface area contributed by atoms with Gasteiger partial charge in [0.1, 0.15) is 16.4 Å². The Labute approximate surface area is 244 Å². The largest absolute Gasteiger partial charge is 0.497 e. The molecule has 0 radical (unpaired) electrons. The fourth-order valence-electron chi connectivity index (χ4n) is 3.84. The summed E-state index contributed by atoms with van der Waals surface area (Å²) in [5.74, 6) is -0.422. The molecule has 0 saturated heterocycles. The van der Waals surface area contributed by atoms with E-state index in [4.69, 9.17) is 21.1 Å². The number of carbonyl (C=O) groups excluding carboxylic acids is 3. The molecular weight excluding hydrogens is 562 g/mol. The molecule has 8 nitrogen and oxygen atoms in total. The second-order valence-corrected chi connectivity index (χ2v) is 10.1. The molecule has 0 aliphatic rings. The minimum Gasteiger partial charge on any atom is -0.497 e. The third-order valence-electron chi connectivity index (χ3n) is 5.96. The summed E-state index contributed by atoms with van der Waals surface area (Å²) >= 11 is 7.72. The molecule has 204 valence electrons. The van der Waals surface area contributed by atoms with Crippen molar-refractivity contribution >= 4 is 62.7 Å². The first-order valence-corrected chi connectivity index (χ1v) is 13.5. The first-order valence-electron chi connectivity index (χ1n) is 12.3. The lowest BCUT2D eigenvalue weighted by Gasteiger charge is -2.08. The van der Waals surface area contributed by atoms with E-state index in [1.165, 1.54) is 17.6 Å². The summed E-state index contributed by atoms with van der Waals surface area (Å²) in [6, 6.07) is 27.3. The molecule has 41 heavy (non-hydrogen) atoms. The monoisotopic (exact) mass is 583 g/mol. The number of carbonyl (C=O) groups is 3. The van der Waals surface area contributed by atoms with Crippen molar-refractivity contribution in [2.24, 2.45) is 5.10 Å². The Morgan fingerprint density at radius 2 is 1.51 bits per heavy atom. The molecule has 0 fully saturated rings. The molecule has 5 rings (SSSR count). The van der Waals surface area contributed by atoms with Crippen LogP contribution in [0.1, 0.15) is 36.0 Å². The number of para-hydroxylation sites is 1. The number of halogens is 1. The quantitative estimate of drug-likeness (QED) is 0.0904. The van der Waals surface area contributed by atoms with Gasteiger partial charge >= 0.3 is 5.97 Å². The number of thiophene rings is 1. The zero-order valence-electron chi connectivity index (χ0n) is 21.6. The number of nitrogens with zero attached hydrogens (tertiary/aromatic N) is 1. The van der Waals surface area contributed by atoms with Gasteiger partial charge in [-0.05, 0) is 66.7 Å². The van der Waals surface area contributed by atoms with Gasteiger partial charge in [-0.3, -0.25) is 9.59 Å². The molecule has 0 aliphatic heterocycles. The number of amides is 2. The Balaban J connectivity index is 1.19. The van der Waals surface area contributed by atoms with Gasteiger partial charge in [0.15, 0.2) is 0 Å². The van der Waals surface area contributed by atoms with Gasteiger partial charge in [0.25, 0.3) is 11.8 Å². The maximum absolute atomic E-state index is 12.8. The van der Waals surface area contributed by atoms with E-state index in [1.54, 1.807) is 79.9 Å². The fourth-order valence-corrected chi connectivity index (χ4v) is 5.26. The van der Waals surface area contributed by atoms with Crippen LogP contribution in [0, 0.1) is 0 Å². The van der Waals surface area contributed by atoms with Crippen LogP contribution in [0.2, 0.25) is 5.02 Å². The van der Waals surface area contributed by atoms with E-state index >= 15 is 0 Å². The average Bonchev–Trinajstić information content (AvgIpc) is 3.34. The van der Waals surface area contributed by atoms with Crippen LogP contribution >= 0.6 is 22.9 Å². The number of hydrogen-bond acceptors (Lipinski definition) is 7. The number of hydrazone groups is 1. The third-order valence-corrected chi connectivity index (χ3v) is 7.64. The number of benzene rings is 4. The third kappa shape index (κ3) is 6.43. The summed E-state index contributed by atoms with van der Waals surface area (Å²) < 4.78 is 11.6. The zero-order chi connectivity index (χ0) is 28.8. The molecule has 4 aromatic carbocycles. The predicted molar refractivity (Wildman–Crippen MR) is 161 cm³/mol. The summed E-state index contributed by atoms with van der Waals surface area (Å²) in [6.45, 7) is 0. The van der Waals surface area contributed by atoms with E-state index in [-0.39, 0.29) is 11.7 Å². The Morgan fingerprint density at radius 3 is 2.24 bits per heavy atom. The molecule has 0 saturated carbocycles. The summed E-state index contributed by atoms with van der Waals surface area (Å²) in [6.07, 6.45) is 1.39. The highest BCUT2D eigenvalue weighted by Crippen LogP contribution is 2.35. The topological polar surface area (TPSA) is 106 Å². The minimum atomic E-state index is -0.542. The molecule has 5 aromatic rings. The van der Waals surface area contributed by atoms with Crippen molar-refractivity contribution in [2.45, 2.75) is 0 Å². The molecule has 0 atom stereocenters. The Morgan fingerprint density at radius 1 is 0.829 bits per heavy atom. The van der Waals surface area contributed by atoms with Crippen molar-refractivity contribution in [1.29, 1.82) is 0 Å². The number of methoxy groups -OCH3 is 1. The molecule has 2 N–H and O–H groups in total. The normalized spacial score (nSPS) is 10.9. The fraction of sp³-hybridized carbons (Fsp3) is 0.0323. The average molecular weight is 584 g/mol. The second kappa shape index (κ2) is 12.5. The van der Waals surface area contributed by atoms with Gasteiger partial charge in [-0.2, -0.15) is 5.10 Å². The van der Waals surface area contributed by atoms with E-state index in [1.807, 2.05) is 24.3 Å². The number of esters is 1. The van der Waals surface area contributed by atoms with Crippen LogP contribution in [0.25, 0.3) is 10.1 Å². The van der Waals surface area contributed by atoms with E-state index < -0.39 is 11.9 Å². The smallest absolute Gasteiger partial charge is 0.343 e. The lowest BCUT2D eigenvalue weighted by Crippen LogP contribution is -2.18. The molecule has 2 amide bonds. The first kappa shape index (κ1) is 27.6. The van der Waals surface area contributed by atoms with Crippen LogP contribution < -0.4 is 20.2 Å². The van der Waals surface area contributed by atoms with Crippen LogP contribution in [-0.4, -0.2) is 31.1 Å². The van der Waals surface area contributed by atoms with E-state index in [0.717, 1.165) is 10.1 Å². The first-order chi connectivity index (χ1) is 19.9. The number of fused-ring (bicyclic) bond motifs is 1. The highest BCUT2D eigenvalue weighted by Gasteiger charge is 2.17. The van der Waals surface area contributed by atoms with Crippen molar-refractivity contribution in [1.82, 2.24) is 5.43 Å². The Hall–Kier alpha value is -4.99. The van der Waals surface area contributed by atoms with Crippen molar-refractivity contribution in [2.75, 3.05) is 12.4 Å². The molecule has 0 aliphatic carbocycles. The van der Waals surface area contributed by atoms with Crippen LogP contribution in [-0.2, 0) is 0 Å². The summed E-state index contributed by atoms with van der Waals surface area (Å²) in [5.41, 5.74) is 4.15. The SMILES string of the molecule is COc1ccc(C(=O)Oc2ccccc2/C=N\NC(=O)c2ccc(NC(=O)c3sc4ccccc4c3Cl)cc2)cc1. The van der Waals surface area contributed by atoms with Crippen LogP contribution in [0.4, 0.5) is 5.69 Å². The van der Waals surface area contributed by atoms with Gasteiger partial charge in [0.05, 0.1) is 23.9 Å². The number of hydrogen-bond donors (Lipinski definition) is 2. The number of nitrogens with one attached hydrogen (secondary N) is 2. The van der Waals surface area contributed by atoms with Crippen molar-refractivity contribution < 1.29 is 23.9 Å². The summed E-state index contributed by atoms with van der Waals surface area (Å²) in [5, 5.41) is 8.05. The number of ether oxygens (including phenoxy) is 2. The van der Waals surface area contributed by atoms with E-state index in [0.29, 0.717) is 38.0 Å². The van der Waals surface area contributed by atoms with Crippen LogP contribution in [0.15, 0.2) is 102 Å². The molecule has 1 aromatic heterocycles. The number of anilines is 1. The minimum absolute atomic E-state index is 0.283. The lowest BCUT2D eigenvalue weighted by atomic mass is 10.2. The Bertz CT molecular complexity index is 1770. The lowest BCUT2D eigenvalue weighted by molar-refractivity contribution is 0.0733. The van der Waals surface area contributed by atoms with Crippen molar-refractivity contribution in [3.05, 3.63) is 124 Å². The summed E-state index contributed by atoms with van der Waals surface area (Å²) in [4.78, 5) is 38.4. The highest BCUT2D eigenvalue weighted by molar-refractivity contribution is 7.21. The number of rotatable bonds is 8. The van der Waals surface area contributed by atoms with Crippen molar-refractivity contribution in [3.8, 4) is 11.5 Å². The van der Waals surface area contributed by atoms with E-state index in [9.17, 15) is 14.4 Å². The molecule has 0 bridgehead atoms. The van der Waals surface area contributed by atoms with Crippen molar-refractivity contribution in [3.63, 3.8) is 0 Å². The molecule has 0 spiro atoms. The molecule has 10 heteroatoms. The van der Waals surface area contributed by atoms with Crippen LogP contribution in [0.5, 0.6) is 11.5 Å². The van der Waals surface area contributed by atoms with Gasteiger partial charge in [-0.15, -0.1) is 11.3 Å². The predicted octanol–water partition coefficient (Wildman–Crippen LogP) is 6.80. The zero-order valence-corrected chi connectivity index (χ0v) is 23.2. The van der Waals surface area contributed by atoms with Gasteiger partial charge in [0.2, 0.25) is 0 Å². The van der Waals surface area contributed by atoms with Gasteiger partial charge < -0.3 is 14.8 Å². The molecular formula is C31H22ClN3O5S. The maximum atomic E-state index is 12.8. The summed E-state index contributed by atoms with van der Waals surface area (Å²) in [7, 11) is 1.54. The molecule has 1 heterocycles. The van der Waals surface area contributed by atoms with Crippen LogP contribution in [0.3, 0.4) is 0 Å². The van der Waals surface area contributed by atoms with Gasteiger partial charge in [0, 0.05) is 26.9 Å². The van der Waals surface area contributed by atoms with Gasteiger partial charge in [-0.25, -0.2) is 10.2 Å². The second-order valence-electron chi connectivity index (χ2n) is 8.63. The van der Waals surface area contributed by atoms with E-state index in [2.05, 4.69) is 15.8 Å². The van der Waals surface area contributed by atoms with Gasteiger partial charge in [-0.1, -0.05) is 41.9 Å². The highest BCUT2D eigenvalue weighted by atomic mass is 35.5. The Kier molecular flexibility index (Phi) is 8.38. The standard InChI is InChI=1S/C31H22ClN3O5S/c1-39-23-16-12-20(13-17-23)31(38)40-25-8-4-2-6-21(25)18-33-35-29(36)19-10-14-22(15-11-19)34-30(37)28-27(32)24-7-3-5-9-26(24)41-28/h2-18H,1H3,(H,34,37)(H,35,36)/b33-18-. The molecule has 0 unspecified atom stereocenters.